The highest BCUT2D eigenvalue weighted by Gasteiger charge is 2.33. The molecule has 8 nitrogen and oxygen atoms in total. The Bertz CT molecular complexity index is 997. The number of amides is 1. The maximum absolute atomic E-state index is 13.3. The molecule has 0 unspecified atom stereocenters. The van der Waals surface area contributed by atoms with Crippen LogP contribution in [0.3, 0.4) is 0 Å². The Kier molecular flexibility index (Phi) is 9.14. The summed E-state index contributed by atoms with van der Waals surface area (Å²) in [5, 5.41) is 17.8. The molecule has 1 aliphatic carbocycles. The fraction of sp³-hybridized carbons (Fsp3) is 0.692. The highest BCUT2D eigenvalue weighted by molar-refractivity contribution is 5.88. The number of benzene rings is 1. The molecule has 0 spiro atoms. The molecule has 0 radical (unpaired) electrons. The lowest BCUT2D eigenvalue weighted by molar-refractivity contribution is -0.131. The fourth-order valence-electron chi connectivity index (χ4n) is 5.18. The maximum Gasteiger partial charge on any atom is 0.223 e. The molecule has 36 heavy (non-hydrogen) atoms. The van der Waals surface area contributed by atoms with E-state index in [4.69, 9.17) is 9.26 Å². The van der Waals surface area contributed by atoms with Crippen molar-refractivity contribution in [2.75, 3.05) is 50.8 Å². The van der Waals surface area contributed by atoms with Crippen molar-refractivity contribution < 1.29 is 27.9 Å². The van der Waals surface area contributed by atoms with Gasteiger partial charge in [0, 0.05) is 64.3 Å². The van der Waals surface area contributed by atoms with Gasteiger partial charge >= 0.3 is 0 Å². The first kappa shape index (κ1) is 26.8. The summed E-state index contributed by atoms with van der Waals surface area (Å²) in [7, 11) is 0. The second kappa shape index (κ2) is 12.3. The largest absolute Gasteiger partial charge is 0.389 e. The third kappa shape index (κ3) is 6.92. The minimum Gasteiger partial charge on any atom is -0.389 e. The van der Waals surface area contributed by atoms with Crippen LogP contribution in [0.2, 0.25) is 0 Å². The Morgan fingerprint density at radius 1 is 1.11 bits per heavy atom. The normalized spacial score (nSPS) is 21.2. The zero-order valence-electron chi connectivity index (χ0n) is 21.1. The molecule has 2 aromatic rings. The summed E-state index contributed by atoms with van der Waals surface area (Å²) in [6.07, 6.45) is 7.27. The van der Waals surface area contributed by atoms with Gasteiger partial charge in [-0.1, -0.05) is 31.3 Å². The minimum absolute atomic E-state index is 0.00120. The average Bonchev–Trinajstić information content (AvgIpc) is 3.28. The Morgan fingerprint density at radius 3 is 2.44 bits per heavy atom. The maximum atomic E-state index is 13.3. The van der Waals surface area contributed by atoms with Crippen molar-refractivity contribution in [2.24, 2.45) is 0 Å². The second-order valence-electron chi connectivity index (χ2n) is 10.1. The van der Waals surface area contributed by atoms with Gasteiger partial charge in [0.15, 0.2) is 23.0 Å². The monoisotopic (exact) mass is 508 g/mol. The fourth-order valence-corrected chi connectivity index (χ4v) is 5.18. The second-order valence-corrected chi connectivity index (χ2v) is 10.1. The van der Waals surface area contributed by atoms with Crippen LogP contribution in [0.4, 0.5) is 14.6 Å². The smallest absolute Gasteiger partial charge is 0.223 e. The van der Waals surface area contributed by atoms with Crippen LogP contribution >= 0.6 is 0 Å². The van der Waals surface area contributed by atoms with E-state index >= 15 is 0 Å². The van der Waals surface area contributed by atoms with Crippen LogP contribution in [0.15, 0.2) is 16.7 Å². The first-order valence-electron chi connectivity index (χ1n) is 13.2. The van der Waals surface area contributed by atoms with Crippen LogP contribution in [-0.2, 0) is 9.53 Å². The molecule has 1 amide bonds. The van der Waals surface area contributed by atoms with E-state index < -0.39 is 17.2 Å². The van der Waals surface area contributed by atoms with Gasteiger partial charge in [-0.25, -0.2) is 8.78 Å². The summed E-state index contributed by atoms with van der Waals surface area (Å²) < 4.78 is 36.7. The van der Waals surface area contributed by atoms with Crippen molar-refractivity contribution in [3.05, 3.63) is 23.8 Å². The van der Waals surface area contributed by atoms with E-state index in [-0.39, 0.29) is 17.9 Å². The molecule has 3 aliphatic rings. The summed E-state index contributed by atoms with van der Waals surface area (Å²) in [5.74, 6) is -1.18. The van der Waals surface area contributed by atoms with Crippen molar-refractivity contribution in [2.45, 2.75) is 69.9 Å². The molecule has 10 heteroatoms. The number of nitrogens with zero attached hydrogens (tertiary/aromatic N) is 3. The van der Waals surface area contributed by atoms with Gasteiger partial charge in [-0.05, 0) is 25.5 Å². The number of carbonyl (C=O) groups excluding carboxylic acids is 1. The molecule has 2 aliphatic heterocycles. The molecule has 200 valence electrons. The van der Waals surface area contributed by atoms with Crippen molar-refractivity contribution in [3.8, 4) is 0 Å². The zero-order valence-corrected chi connectivity index (χ0v) is 21.1. The van der Waals surface area contributed by atoms with E-state index in [0.29, 0.717) is 43.3 Å². The van der Waals surface area contributed by atoms with Crippen LogP contribution < -0.4 is 10.2 Å². The Labute approximate surface area is 210 Å². The Balaban J connectivity index is 0.000000170. The van der Waals surface area contributed by atoms with Crippen LogP contribution in [0, 0.1) is 11.6 Å². The molecule has 1 saturated carbocycles. The molecule has 1 aromatic carbocycles. The van der Waals surface area contributed by atoms with Gasteiger partial charge in [-0.15, -0.1) is 0 Å². The summed E-state index contributed by atoms with van der Waals surface area (Å²) in [6, 6.07) is 2.53. The standard InChI is InChI=1S/C13H15F2N3O.C13H23NO3/c1-2-17-3-5-18(6-4-17)13-9-7-10(14)11(15)8-12(9)19-16-13;15-12(14-11-4-2-1-3-5-11)10-13(16)6-8-17-9-7-13/h7-8H,2-6H2,1H3;11,16H,1-10H2,(H,14,15). The highest BCUT2D eigenvalue weighted by Crippen LogP contribution is 2.29. The van der Waals surface area contributed by atoms with Gasteiger partial charge in [0.1, 0.15) is 0 Å². The SMILES string of the molecule is CCN1CCN(c2noc3cc(F)c(F)cc23)CC1.O=C(CC1(O)CCOCC1)NC1CCCCC1. The number of hydrogen-bond donors (Lipinski definition) is 2. The highest BCUT2D eigenvalue weighted by atomic mass is 19.2. The Hall–Kier alpha value is -2.30. The van der Waals surface area contributed by atoms with Crippen LogP contribution in [0.25, 0.3) is 11.0 Å². The molecule has 3 fully saturated rings. The van der Waals surface area contributed by atoms with Gasteiger partial charge in [0.05, 0.1) is 17.4 Å². The number of piperazine rings is 1. The van der Waals surface area contributed by atoms with Crippen LogP contribution in [0.1, 0.15) is 58.3 Å². The van der Waals surface area contributed by atoms with Crippen molar-refractivity contribution >= 4 is 22.7 Å². The first-order chi connectivity index (χ1) is 17.4. The summed E-state index contributed by atoms with van der Waals surface area (Å²) >= 11 is 0. The molecular formula is C26H38F2N4O4. The lowest BCUT2D eigenvalue weighted by Gasteiger charge is -2.33. The third-order valence-corrected chi connectivity index (χ3v) is 7.50. The minimum atomic E-state index is -0.911. The van der Waals surface area contributed by atoms with E-state index in [1.165, 1.54) is 19.3 Å². The number of nitrogens with one attached hydrogen (secondary N) is 1. The molecule has 3 heterocycles. The predicted octanol–water partition coefficient (Wildman–Crippen LogP) is 3.61. The number of hydrogen-bond acceptors (Lipinski definition) is 7. The number of carbonyl (C=O) groups is 1. The van der Waals surface area contributed by atoms with Crippen LogP contribution in [-0.4, -0.2) is 78.7 Å². The molecule has 0 atom stereocenters. The quantitative estimate of drug-likeness (QED) is 0.638. The van der Waals surface area contributed by atoms with Gasteiger partial charge in [-0.3, -0.25) is 4.79 Å². The number of fused-ring (bicyclic) bond motifs is 1. The average molecular weight is 509 g/mol. The Morgan fingerprint density at radius 2 is 1.78 bits per heavy atom. The lowest BCUT2D eigenvalue weighted by Crippen LogP contribution is -2.46. The van der Waals surface area contributed by atoms with Gasteiger partial charge in [0.2, 0.25) is 5.91 Å². The van der Waals surface area contributed by atoms with Gasteiger partial charge < -0.3 is 29.5 Å². The number of halogens is 2. The van der Waals surface area contributed by atoms with Crippen molar-refractivity contribution in [3.63, 3.8) is 0 Å². The van der Waals surface area contributed by atoms with Gasteiger partial charge in [0.25, 0.3) is 0 Å². The number of aromatic nitrogens is 1. The molecule has 1 aromatic heterocycles. The molecule has 5 rings (SSSR count). The summed E-state index contributed by atoms with van der Waals surface area (Å²) in [6.45, 7) is 7.78. The van der Waals surface area contributed by atoms with Gasteiger partial charge in [-0.2, -0.15) is 0 Å². The number of anilines is 1. The van der Waals surface area contributed by atoms with E-state index in [1.54, 1.807) is 0 Å². The van der Waals surface area contributed by atoms with Crippen molar-refractivity contribution in [1.29, 1.82) is 0 Å². The third-order valence-electron chi connectivity index (χ3n) is 7.50. The van der Waals surface area contributed by atoms with E-state index in [9.17, 15) is 18.7 Å². The number of aliphatic hydroxyl groups is 1. The van der Waals surface area contributed by atoms with E-state index in [1.807, 2.05) is 0 Å². The molecule has 0 bridgehead atoms. The predicted molar refractivity (Wildman–Crippen MR) is 133 cm³/mol. The number of likely N-dealkylation sites (N-methyl/N-ethyl adjacent to an activating group) is 1. The number of rotatable bonds is 5. The zero-order chi connectivity index (χ0) is 25.5. The van der Waals surface area contributed by atoms with Crippen molar-refractivity contribution in [1.82, 2.24) is 15.4 Å². The lowest BCUT2D eigenvalue weighted by atomic mass is 9.89. The topological polar surface area (TPSA) is 91.1 Å². The van der Waals surface area contributed by atoms with E-state index in [2.05, 4.69) is 27.2 Å². The van der Waals surface area contributed by atoms with E-state index in [0.717, 1.165) is 57.7 Å². The molecule has 2 saturated heterocycles. The first-order valence-corrected chi connectivity index (χ1v) is 13.2. The molecular weight excluding hydrogens is 470 g/mol. The summed E-state index contributed by atoms with van der Waals surface area (Å²) in [4.78, 5) is 16.3. The number of ether oxygens (including phenoxy) is 1. The summed E-state index contributed by atoms with van der Waals surface area (Å²) in [5.41, 5.74) is -0.552. The van der Waals surface area contributed by atoms with Crippen LogP contribution in [0.5, 0.6) is 0 Å². The molecule has 2 N–H and O–H groups in total.